The van der Waals surface area contributed by atoms with Gasteiger partial charge in [-0.25, -0.2) is 0 Å². The van der Waals surface area contributed by atoms with Gasteiger partial charge in [0.1, 0.15) is 19.2 Å². The normalized spacial score (nSPS) is 20.4. The first-order valence-electron chi connectivity index (χ1n) is 5.26. The van der Waals surface area contributed by atoms with E-state index in [0.717, 1.165) is 0 Å². The van der Waals surface area contributed by atoms with Crippen molar-refractivity contribution in [2.45, 2.75) is 13.0 Å². The van der Waals surface area contributed by atoms with Gasteiger partial charge in [-0.3, -0.25) is 19.7 Å². The average molecular weight is 244 g/mol. The van der Waals surface area contributed by atoms with Crippen LogP contribution >= 0.6 is 0 Å². The fourth-order valence-corrected chi connectivity index (χ4v) is 1.40. The molecular formula is C10H16N2O5. The van der Waals surface area contributed by atoms with Crippen molar-refractivity contribution in [1.82, 2.24) is 10.2 Å². The fraction of sp³-hybridized carbons (Fsp3) is 0.700. The van der Waals surface area contributed by atoms with E-state index < -0.39 is 17.9 Å². The van der Waals surface area contributed by atoms with Crippen LogP contribution in [0, 0.1) is 0 Å². The highest BCUT2D eigenvalue weighted by atomic mass is 16.5. The molecule has 1 aliphatic rings. The number of nitrogens with zero attached hydrogens (tertiary/aromatic N) is 1. The van der Waals surface area contributed by atoms with Crippen LogP contribution in [0.3, 0.4) is 0 Å². The average Bonchev–Trinajstić information content (AvgIpc) is 2.29. The molecule has 0 aromatic rings. The summed E-state index contributed by atoms with van der Waals surface area (Å²) in [5.74, 6) is -1.32. The van der Waals surface area contributed by atoms with E-state index >= 15 is 0 Å². The third kappa shape index (κ3) is 3.79. The molecule has 1 atom stereocenters. The largest absolute Gasteiger partial charge is 0.382 e. The molecule has 0 saturated carbocycles. The van der Waals surface area contributed by atoms with Crippen LogP contribution in [0.2, 0.25) is 0 Å². The molecule has 1 rings (SSSR count). The van der Waals surface area contributed by atoms with Crippen molar-refractivity contribution in [3.8, 4) is 0 Å². The van der Waals surface area contributed by atoms with Crippen LogP contribution in [0.15, 0.2) is 0 Å². The zero-order valence-electron chi connectivity index (χ0n) is 9.89. The molecule has 0 aliphatic carbocycles. The van der Waals surface area contributed by atoms with Crippen LogP contribution in [0.1, 0.15) is 6.92 Å². The topological polar surface area (TPSA) is 84.9 Å². The molecule has 1 N–H and O–H groups in total. The number of carbonyl (C=O) groups is 3. The second kappa shape index (κ2) is 6.31. The lowest BCUT2D eigenvalue weighted by molar-refractivity contribution is -0.152. The number of imide groups is 1. The van der Waals surface area contributed by atoms with Gasteiger partial charge in [0, 0.05) is 7.11 Å². The fourth-order valence-electron chi connectivity index (χ4n) is 1.40. The molecule has 96 valence electrons. The number of piperazine rings is 1. The number of amides is 3. The van der Waals surface area contributed by atoms with Crippen molar-refractivity contribution in [2.24, 2.45) is 0 Å². The van der Waals surface area contributed by atoms with Gasteiger partial charge in [-0.15, -0.1) is 0 Å². The maximum atomic E-state index is 11.7. The number of methoxy groups -OCH3 is 1. The van der Waals surface area contributed by atoms with E-state index in [0.29, 0.717) is 13.2 Å². The van der Waals surface area contributed by atoms with Crippen LogP contribution < -0.4 is 5.32 Å². The summed E-state index contributed by atoms with van der Waals surface area (Å²) >= 11 is 0. The summed E-state index contributed by atoms with van der Waals surface area (Å²) in [4.78, 5) is 35.3. The van der Waals surface area contributed by atoms with Gasteiger partial charge in [0.15, 0.2) is 0 Å². The van der Waals surface area contributed by atoms with E-state index in [1.165, 1.54) is 12.0 Å². The number of hydrogen-bond donors (Lipinski definition) is 1. The van der Waals surface area contributed by atoms with Crippen molar-refractivity contribution >= 4 is 17.7 Å². The van der Waals surface area contributed by atoms with Gasteiger partial charge in [-0.2, -0.15) is 0 Å². The van der Waals surface area contributed by atoms with Crippen LogP contribution in [0.25, 0.3) is 0 Å². The molecule has 0 radical (unpaired) electrons. The highest BCUT2D eigenvalue weighted by Crippen LogP contribution is 2.05. The van der Waals surface area contributed by atoms with E-state index in [1.54, 1.807) is 6.92 Å². The Morgan fingerprint density at radius 3 is 2.82 bits per heavy atom. The molecular weight excluding hydrogens is 228 g/mol. The lowest BCUT2D eigenvalue weighted by Gasteiger charge is -2.31. The van der Waals surface area contributed by atoms with Gasteiger partial charge in [0.25, 0.3) is 0 Å². The Hall–Kier alpha value is -1.47. The molecule has 7 heteroatoms. The summed E-state index contributed by atoms with van der Waals surface area (Å²) in [6.07, 6.45) is 0. The molecule has 1 heterocycles. The minimum absolute atomic E-state index is 0.112. The maximum absolute atomic E-state index is 11.7. The standard InChI is InChI=1S/C10H16N2O5/c1-7-10(15)11-8(13)5-12(7)9(14)6-17-4-3-16-2/h7H,3-6H2,1-2H3,(H,11,13,15). The lowest BCUT2D eigenvalue weighted by atomic mass is 10.2. The summed E-state index contributed by atoms with van der Waals surface area (Å²) in [6, 6.07) is -0.647. The third-order valence-corrected chi connectivity index (χ3v) is 2.40. The smallest absolute Gasteiger partial charge is 0.249 e. The predicted molar refractivity (Wildman–Crippen MR) is 57.0 cm³/mol. The molecule has 3 amide bonds. The monoisotopic (exact) mass is 244 g/mol. The minimum Gasteiger partial charge on any atom is -0.382 e. The van der Waals surface area contributed by atoms with Crippen LogP contribution in [0.4, 0.5) is 0 Å². The number of ether oxygens (including phenoxy) is 2. The van der Waals surface area contributed by atoms with Crippen molar-refractivity contribution in [1.29, 1.82) is 0 Å². The molecule has 1 saturated heterocycles. The van der Waals surface area contributed by atoms with Crippen LogP contribution in [-0.4, -0.2) is 62.1 Å². The first kappa shape index (κ1) is 13.6. The number of hydrogen-bond acceptors (Lipinski definition) is 5. The first-order chi connectivity index (χ1) is 8.06. The lowest BCUT2D eigenvalue weighted by Crippen LogP contribution is -2.59. The van der Waals surface area contributed by atoms with E-state index in [9.17, 15) is 14.4 Å². The van der Waals surface area contributed by atoms with E-state index in [4.69, 9.17) is 9.47 Å². The molecule has 0 spiro atoms. The summed E-state index contributed by atoms with van der Waals surface area (Å²) in [6.45, 7) is 1.98. The third-order valence-electron chi connectivity index (χ3n) is 2.40. The first-order valence-corrected chi connectivity index (χ1v) is 5.26. The van der Waals surface area contributed by atoms with Gasteiger partial charge in [0.2, 0.25) is 17.7 Å². The van der Waals surface area contributed by atoms with E-state index in [2.05, 4.69) is 5.32 Å². The Labute approximate surface area is 99.0 Å². The Bertz CT molecular complexity index is 318. The SMILES string of the molecule is COCCOCC(=O)N1CC(=O)NC(=O)C1C. The zero-order chi connectivity index (χ0) is 12.8. The van der Waals surface area contributed by atoms with Gasteiger partial charge in [0.05, 0.1) is 13.2 Å². The van der Waals surface area contributed by atoms with Gasteiger partial charge >= 0.3 is 0 Å². The second-order valence-corrected chi connectivity index (χ2v) is 3.66. The van der Waals surface area contributed by atoms with Crippen molar-refractivity contribution in [3.05, 3.63) is 0 Å². The molecule has 7 nitrogen and oxygen atoms in total. The summed E-state index contributed by atoms with van der Waals surface area (Å²) in [5, 5.41) is 2.16. The van der Waals surface area contributed by atoms with Crippen LogP contribution in [0.5, 0.6) is 0 Å². The molecule has 1 aliphatic heterocycles. The van der Waals surface area contributed by atoms with E-state index in [1.807, 2.05) is 0 Å². The van der Waals surface area contributed by atoms with Crippen LogP contribution in [-0.2, 0) is 23.9 Å². The molecule has 1 fully saturated rings. The minimum atomic E-state index is -0.647. The number of carbonyl (C=O) groups excluding carboxylic acids is 3. The maximum Gasteiger partial charge on any atom is 0.249 e. The van der Waals surface area contributed by atoms with Crippen molar-refractivity contribution in [3.63, 3.8) is 0 Å². The number of nitrogens with one attached hydrogen (secondary N) is 1. The Kier molecular flexibility index (Phi) is 5.05. The number of rotatable bonds is 5. The highest BCUT2D eigenvalue weighted by Gasteiger charge is 2.33. The predicted octanol–water partition coefficient (Wildman–Crippen LogP) is -1.48. The van der Waals surface area contributed by atoms with Crippen molar-refractivity contribution < 1.29 is 23.9 Å². The molecule has 1 unspecified atom stereocenters. The highest BCUT2D eigenvalue weighted by molar-refractivity contribution is 6.04. The van der Waals surface area contributed by atoms with Gasteiger partial charge in [-0.1, -0.05) is 0 Å². The Morgan fingerprint density at radius 1 is 1.47 bits per heavy atom. The Morgan fingerprint density at radius 2 is 2.18 bits per heavy atom. The molecule has 17 heavy (non-hydrogen) atoms. The Balaban J connectivity index is 2.44. The summed E-state index contributed by atoms with van der Waals surface area (Å²) < 4.78 is 9.80. The second-order valence-electron chi connectivity index (χ2n) is 3.66. The van der Waals surface area contributed by atoms with Crippen molar-refractivity contribution in [2.75, 3.05) is 33.5 Å². The summed E-state index contributed by atoms with van der Waals surface area (Å²) in [5.41, 5.74) is 0. The quantitative estimate of drug-likeness (QED) is 0.471. The summed E-state index contributed by atoms with van der Waals surface area (Å²) in [7, 11) is 1.53. The van der Waals surface area contributed by atoms with Gasteiger partial charge < -0.3 is 14.4 Å². The molecule has 0 aromatic carbocycles. The van der Waals surface area contributed by atoms with E-state index in [-0.39, 0.29) is 19.1 Å². The molecule has 0 bridgehead atoms. The zero-order valence-corrected chi connectivity index (χ0v) is 9.89. The van der Waals surface area contributed by atoms with Gasteiger partial charge in [-0.05, 0) is 6.92 Å². The molecule has 0 aromatic heterocycles.